The highest BCUT2D eigenvalue weighted by Gasteiger charge is 2.55. The van der Waals surface area contributed by atoms with E-state index >= 15 is 0 Å². The molecule has 0 saturated carbocycles. The third-order valence-corrected chi connectivity index (χ3v) is 5.69. The Bertz CT molecular complexity index is 313. The van der Waals surface area contributed by atoms with Crippen LogP contribution in [0.25, 0.3) is 0 Å². The summed E-state index contributed by atoms with van der Waals surface area (Å²) in [6, 6.07) is 0. The molecule has 1 rings (SSSR count). The van der Waals surface area contributed by atoms with Gasteiger partial charge in [0.2, 0.25) is 5.56 Å². The first-order valence-electron chi connectivity index (χ1n) is 5.98. The van der Waals surface area contributed by atoms with E-state index in [1.165, 1.54) is 0 Å². The van der Waals surface area contributed by atoms with Gasteiger partial charge in [-0.25, -0.2) is 9.09 Å². The third-order valence-electron chi connectivity index (χ3n) is 2.73. The Hall–Kier alpha value is 0.980. The van der Waals surface area contributed by atoms with Gasteiger partial charge in [0.05, 0.1) is 6.61 Å². The molecule has 108 valence electrons. The molecule has 1 aliphatic rings. The minimum Gasteiger partial charge on any atom is -0.286 e. The average Bonchev–Trinajstić information content (AvgIpc) is 2.48. The van der Waals surface area contributed by atoms with Crippen LogP contribution in [-0.2, 0) is 18.1 Å². The molecule has 4 nitrogen and oxygen atoms in total. The van der Waals surface area contributed by atoms with Gasteiger partial charge in [0.15, 0.2) is 0 Å². The van der Waals surface area contributed by atoms with E-state index in [1.807, 2.05) is 6.92 Å². The van der Waals surface area contributed by atoms with Gasteiger partial charge in [0.1, 0.15) is 0 Å². The Morgan fingerprint density at radius 1 is 1.44 bits per heavy atom. The van der Waals surface area contributed by atoms with E-state index in [-0.39, 0.29) is 6.61 Å². The van der Waals surface area contributed by atoms with E-state index in [0.29, 0.717) is 5.92 Å². The van der Waals surface area contributed by atoms with E-state index in [1.54, 1.807) is 0 Å². The van der Waals surface area contributed by atoms with Gasteiger partial charge in [0.25, 0.3) is 4.52 Å². The number of halogens is 3. The van der Waals surface area contributed by atoms with Crippen LogP contribution in [-0.4, -0.2) is 16.7 Å². The van der Waals surface area contributed by atoms with Crippen molar-refractivity contribution in [3.8, 4) is 0 Å². The molecule has 1 saturated heterocycles. The second-order valence-electron chi connectivity index (χ2n) is 4.23. The molecule has 0 aromatic rings. The Kier molecular flexibility index (Phi) is 6.74. The summed E-state index contributed by atoms with van der Waals surface area (Å²) in [6.07, 6.45) is 4.14. The van der Waals surface area contributed by atoms with Crippen LogP contribution < -0.4 is 0 Å². The normalized spacial score (nSPS) is 32.6. The van der Waals surface area contributed by atoms with Crippen LogP contribution in [0.3, 0.4) is 0 Å². The van der Waals surface area contributed by atoms with Crippen molar-refractivity contribution in [2.75, 3.05) is 6.61 Å². The smallest absolute Gasteiger partial charge is 0.286 e. The van der Waals surface area contributed by atoms with Crippen molar-refractivity contribution < 1.29 is 18.1 Å². The number of phosphoric acid groups is 1. The van der Waals surface area contributed by atoms with Crippen LogP contribution in [0.5, 0.6) is 0 Å². The SMILES string of the molecule is CCCCC(CC)COP1(=O)OC(Cl)C(Cl)(Cl)O1. The highest BCUT2D eigenvalue weighted by molar-refractivity contribution is 7.49. The largest absolute Gasteiger partial charge is 0.479 e. The van der Waals surface area contributed by atoms with Crippen LogP contribution in [0.1, 0.15) is 39.5 Å². The molecule has 1 aliphatic heterocycles. The summed E-state index contributed by atoms with van der Waals surface area (Å²) >= 11 is 17.0. The Morgan fingerprint density at radius 2 is 2.11 bits per heavy atom. The van der Waals surface area contributed by atoms with Crippen molar-refractivity contribution in [1.82, 2.24) is 0 Å². The fourth-order valence-electron chi connectivity index (χ4n) is 1.54. The number of hydrogen-bond donors (Lipinski definition) is 0. The third kappa shape index (κ3) is 4.82. The fraction of sp³-hybridized carbons (Fsp3) is 1.00. The maximum Gasteiger partial charge on any atom is 0.479 e. The molecule has 0 bridgehead atoms. The number of rotatable bonds is 7. The lowest BCUT2D eigenvalue weighted by Gasteiger charge is -2.17. The van der Waals surface area contributed by atoms with E-state index in [0.717, 1.165) is 25.7 Å². The maximum atomic E-state index is 12.0. The molecule has 0 aromatic heterocycles. The summed E-state index contributed by atoms with van der Waals surface area (Å²) in [4.78, 5) is 0. The van der Waals surface area contributed by atoms with Crippen molar-refractivity contribution in [2.24, 2.45) is 5.92 Å². The second kappa shape index (κ2) is 7.12. The average molecular weight is 340 g/mol. The maximum absolute atomic E-state index is 12.0. The molecule has 0 spiro atoms. The predicted molar refractivity (Wildman–Crippen MR) is 73.1 cm³/mol. The summed E-state index contributed by atoms with van der Waals surface area (Å²) in [5.74, 6) is 0.303. The minimum absolute atomic E-state index is 0.279. The van der Waals surface area contributed by atoms with Gasteiger partial charge < -0.3 is 0 Å². The van der Waals surface area contributed by atoms with Crippen LogP contribution in [0.2, 0.25) is 0 Å². The molecule has 0 aromatic carbocycles. The molecule has 8 heteroatoms. The first kappa shape index (κ1) is 17.0. The van der Waals surface area contributed by atoms with E-state index in [2.05, 4.69) is 6.92 Å². The summed E-state index contributed by atoms with van der Waals surface area (Å²) < 4.78 is 25.1. The van der Waals surface area contributed by atoms with Gasteiger partial charge in [-0.15, -0.1) is 0 Å². The number of alkyl halides is 3. The van der Waals surface area contributed by atoms with Crippen molar-refractivity contribution in [1.29, 1.82) is 0 Å². The lowest BCUT2D eigenvalue weighted by Crippen LogP contribution is -2.21. The standard InChI is InChI=1S/C10H18Cl3O4P/c1-3-5-6-8(4-2)7-15-18(14)16-9(11)10(12,13)17-18/h8-9H,3-7H2,1-2H3. The van der Waals surface area contributed by atoms with E-state index in [9.17, 15) is 4.57 Å². The van der Waals surface area contributed by atoms with Gasteiger partial charge >= 0.3 is 7.82 Å². The summed E-state index contributed by atoms with van der Waals surface area (Å²) in [7, 11) is -3.74. The molecule has 18 heavy (non-hydrogen) atoms. The Balaban J connectivity index is 2.45. The van der Waals surface area contributed by atoms with E-state index in [4.69, 9.17) is 48.4 Å². The van der Waals surface area contributed by atoms with Crippen LogP contribution in [0, 0.1) is 5.92 Å². The Labute approximate surface area is 123 Å². The van der Waals surface area contributed by atoms with Crippen molar-refractivity contribution in [3.63, 3.8) is 0 Å². The second-order valence-corrected chi connectivity index (χ2v) is 7.49. The zero-order valence-electron chi connectivity index (χ0n) is 10.4. The van der Waals surface area contributed by atoms with Crippen LogP contribution >= 0.6 is 42.6 Å². The number of unbranched alkanes of at least 4 members (excludes halogenated alkanes) is 1. The molecular weight excluding hydrogens is 321 g/mol. The van der Waals surface area contributed by atoms with Crippen molar-refractivity contribution in [3.05, 3.63) is 0 Å². The molecule has 0 aliphatic carbocycles. The molecule has 3 unspecified atom stereocenters. The monoisotopic (exact) mass is 338 g/mol. The topological polar surface area (TPSA) is 44.8 Å². The van der Waals surface area contributed by atoms with Gasteiger partial charge in [-0.1, -0.05) is 67.9 Å². The van der Waals surface area contributed by atoms with E-state index < -0.39 is 17.9 Å². The molecule has 0 amide bonds. The molecule has 1 fully saturated rings. The zero-order chi connectivity index (χ0) is 13.8. The highest BCUT2D eigenvalue weighted by Crippen LogP contribution is 2.64. The summed E-state index contributed by atoms with van der Waals surface area (Å²) in [5, 5.41) is 0. The highest BCUT2D eigenvalue weighted by atomic mass is 35.5. The van der Waals surface area contributed by atoms with Crippen molar-refractivity contribution >= 4 is 42.6 Å². The quantitative estimate of drug-likeness (QED) is 0.480. The van der Waals surface area contributed by atoms with Gasteiger partial charge in [-0.05, 0) is 12.3 Å². The molecule has 1 heterocycles. The predicted octanol–water partition coefficient (Wildman–Crippen LogP) is 5.07. The first-order chi connectivity index (χ1) is 8.33. The van der Waals surface area contributed by atoms with Gasteiger partial charge in [-0.2, -0.15) is 0 Å². The molecule has 0 radical (unpaired) electrons. The van der Waals surface area contributed by atoms with Crippen LogP contribution in [0.4, 0.5) is 0 Å². The van der Waals surface area contributed by atoms with Crippen LogP contribution in [0.15, 0.2) is 0 Å². The molecule has 0 N–H and O–H groups in total. The molecule has 3 atom stereocenters. The van der Waals surface area contributed by atoms with Crippen molar-refractivity contribution in [2.45, 2.75) is 49.6 Å². The summed E-state index contributed by atoms with van der Waals surface area (Å²) in [6.45, 7) is 4.45. The van der Waals surface area contributed by atoms with Gasteiger partial charge in [-0.3, -0.25) is 9.05 Å². The molecular formula is C10H18Cl3O4P. The fourth-order valence-corrected chi connectivity index (χ4v) is 3.98. The lowest BCUT2D eigenvalue weighted by atomic mass is 10.0. The lowest BCUT2D eigenvalue weighted by molar-refractivity contribution is 0.151. The van der Waals surface area contributed by atoms with Gasteiger partial charge in [0, 0.05) is 0 Å². The Morgan fingerprint density at radius 3 is 2.56 bits per heavy atom. The zero-order valence-corrected chi connectivity index (χ0v) is 13.6. The number of phosphoric ester groups is 1. The number of hydrogen-bond acceptors (Lipinski definition) is 4. The summed E-state index contributed by atoms with van der Waals surface area (Å²) in [5.41, 5.74) is -1.21. The minimum atomic E-state index is -3.74. The first-order valence-corrected chi connectivity index (χ1v) is 8.64.